The predicted octanol–water partition coefficient (Wildman–Crippen LogP) is 5.47. The standard InChI is InChI=1S/C22H34O/c1-4-7-10-13-16-19-22(23,20-17-14-11-8-5-2)21-18-15-12-9-6-3/h23H,4-15H2,1-3H3. The molecule has 0 aromatic heterocycles. The molecule has 23 heavy (non-hydrogen) atoms. The van der Waals surface area contributed by atoms with Gasteiger partial charge in [-0.3, -0.25) is 0 Å². The van der Waals surface area contributed by atoms with Crippen molar-refractivity contribution in [3.05, 3.63) is 0 Å². The molecule has 0 radical (unpaired) electrons. The average Bonchev–Trinajstić information content (AvgIpc) is 2.54. The molecule has 0 saturated carbocycles. The lowest BCUT2D eigenvalue weighted by Gasteiger charge is -2.06. The van der Waals surface area contributed by atoms with Gasteiger partial charge in [-0.05, 0) is 37.0 Å². The monoisotopic (exact) mass is 314 g/mol. The molecular formula is C22H34O. The maximum Gasteiger partial charge on any atom is 0.251 e. The lowest BCUT2D eigenvalue weighted by molar-refractivity contribution is 0.224. The summed E-state index contributed by atoms with van der Waals surface area (Å²) in [6.07, 6.45) is 12.7. The van der Waals surface area contributed by atoms with Crippen molar-refractivity contribution in [3.8, 4) is 35.5 Å². The summed E-state index contributed by atoms with van der Waals surface area (Å²) in [5, 5.41) is 10.6. The Kier molecular flexibility index (Phi) is 14.6. The molecule has 0 atom stereocenters. The van der Waals surface area contributed by atoms with Gasteiger partial charge in [-0.2, -0.15) is 0 Å². The van der Waals surface area contributed by atoms with E-state index in [1.807, 2.05) is 0 Å². The predicted molar refractivity (Wildman–Crippen MR) is 101 cm³/mol. The first-order valence-corrected chi connectivity index (χ1v) is 9.41. The SMILES string of the molecule is CCCCCC#CC(O)(C#CCCCCC)C#CCCCCC. The van der Waals surface area contributed by atoms with E-state index in [1.54, 1.807) is 0 Å². The van der Waals surface area contributed by atoms with Crippen LogP contribution in [0.5, 0.6) is 0 Å². The van der Waals surface area contributed by atoms with Crippen LogP contribution in [0.25, 0.3) is 0 Å². The minimum Gasteiger partial charge on any atom is -0.357 e. The fourth-order valence-corrected chi connectivity index (χ4v) is 2.06. The first-order chi connectivity index (χ1) is 11.2. The quantitative estimate of drug-likeness (QED) is 0.442. The molecule has 0 aliphatic heterocycles. The lowest BCUT2D eigenvalue weighted by atomic mass is 10.0. The van der Waals surface area contributed by atoms with Crippen LogP contribution < -0.4 is 0 Å². The zero-order valence-corrected chi connectivity index (χ0v) is 15.4. The van der Waals surface area contributed by atoms with Gasteiger partial charge in [0.2, 0.25) is 0 Å². The lowest BCUT2D eigenvalue weighted by Crippen LogP contribution is -2.21. The molecule has 0 fully saturated rings. The summed E-state index contributed by atoms with van der Waals surface area (Å²) in [6.45, 7) is 6.52. The van der Waals surface area contributed by atoms with Crippen LogP contribution in [0.1, 0.15) is 97.8 Å². The van der Waals surface area contributed by atoms with Crippen molar-refractivity contribution < 1.29 is 5.11 Å². The van der Waals surface area contributed by atoms with Crippen molar-refractivity contribution in [1.82, 2.24) is 0 Å². The summed E-state index contributed by atoms with van der Waals surface area (Å²) in [5.41, 5.74) is -1.44. The second-order valence-corrected chi connectivity index (χ2v) is 5.99. The van der Waals surface area contributed by atoms with Crippen LogP contribution in [-0.4, -0.2) is 10.7 Å². The van der Waals surface area contributed by atoms with E-state index in [0.29, 0.717) is 0 Å². The normalized spacial score (nSPS) is 9.91. The molecule has 0 spiro atoms. The van der Waals surface area contributed by atoms with Crippen molar-refractivity contribution in [2.45, 2.75) is 103 Å². The molecule has 0 aliphatic carbocycles. The molecule has 0 amide bonds. The number of aliphatic hydroxyl groups is 1. The highest BCUT2D eigenvalue weighted by atomic mass is 16.3. The molecule has 1 heteroatoms. The summed E-state index contributed by atoms with van der Waals surface area (Å²) < 4.78 is 0. The minimum absolute atomic E-state index is 0.811. The summed E-state index contributed by atoms with van der Waals surface area (Å²) >= 11 is 0. The molecule has 0 bridgehead atoms. The number of hydrogen-bond acceptors (Lipinski definition) is 1. The molecular weight excluding hydrogens is 280 g/mol. The van der Waals surface area contributed by atoms with E-state index in [-0.39, 0.29) is 0 Å². The highest BCUT2D eigenvalue weighted by molar-refractivity contribution is 5.41. The Bertz CT molecular complexity index is 386. The first kappa shape index (κ1) is 21.6. The molecule has 0 heterocycles. The van der Waals surface area contributed by atoms with Gasteiger partial charge in [-0.25, -0.2) is 0 Å². The average molecular weight is 315 g/mol. The van der Waals surface area contributed by atoms with E-state index in [4.69, 9.17) is 0 Å². The molecule has 0 unspecified atom stereocenters. The Labute approximate surface area is 144 Å². The van der Waals surface area contributed by atoms with Crippen LogP contribution in [0.3, 0.4) is 0 Å². The van der Waals surface area contributed by atoms with Crippen molar-refractivity contribution in [2.24, 2.45) is 0 Å². The van der Waals surface area contributed by atoms with Gasteiger partial charge in [0.1, 0.15) is 0 Å². The van der Waals surface area contributed by atoms with Gasteiger partial charge < -0.3 is 5.11 Å². The third-order valence-corrected chi connectivity index (χ3v) is 3.52. The van der Waals surface area contributed by atoms with Gasteiger partial charge in [0.25, 0.3) is 5.60 Å². The van der Waals surface area contributed by atoms with E-state index >= 15 is 0 Å². The summed E-state index contributed by atoms with van der Waals surface area (Å²) in [6, 6.07) is 0. The molecule has 128 valence electrons. The summed E-state index contributed by atoms with van der Waals surface area (Å²) in [4.78, 5) is 0. The van der Waals surface area contributed by atoms with Crippen molar-refractivity contribution in [2.75, 3.05) is 0 Å². The number of unbranched alkanes of at least 4 members (excludes halogenated alkanes) is 9. The molecule has 0 rings (SSSR count). The van der Waals surface area contributed by atoms with Gasteiger partial charge in [0.15, 0.2) is 0 Å². The maximum atomic E-state index is 10.6. The first-order valence-electron chi connectivity index (χ1n) is 9.41. The third-order valence-electron chi connectivity index (χ3n) is 3.52. The fourth-order valence-electron chi connectivity index (χ4n) is 2.06. The maximum absolute atomic E-state index is 10.6. The van der Waals surface area contributed by atoms with Gasteiger partial charge in [-0.15, -0.1) is 0 Å². The van der Waals surface area contributed by atoms with Gasteiger partial charge >= 0.3 is 0 Å². The Balaban J connectivity index is 4.67. The van der Waals surface area contributed by atoms with Gasteiger partial charge in [-0.1, -0.05) is 77.1 Å². The molecule has 0 aromatic rings. The van der Waals surface area contributed by atoms with Crippen LogP contribution in [0, 0.1) is 35.5 Å². The van der Waals surface area contributed by atoms with Crippen LogP contribution in [0.4, 0.5) is 0 Å². The van der Waals surface area contributed by atoms with E-state index < -0.39 is 5.60 Å². The highest BCUT2D eigenvalue weighted by Gasteiger charge is 2.16. The smallest absolute Gasteiger partial charge is 0.251 e. The third kappa shape index (κ3) is 14.0. The van der Waals surface area contributed by atoms with Crippen molar-refractivity contribution >= 4 is 0 Å². The Morgan fingerprint density at radius 2 is 0.870 bits per heavy atom. The van der Waals surface area contributed by atoms with Crippen LogP contribution in [0.15, 0.2) is 0 Å². The topological polar surface area (TPSA) is 20.2 Å². The van der Waals surface area contributed by atoms with E-state index in [0.717, 1.165) is 38.5 Å². The van der Waals surface area contributed by atoms with Crippen LogP contribution in [0.2, 0.25) is 0 Å². The number of hydrogen-bond donors (Lipinski definition) is 1. The minimum atomic E-state index is -1.44. The second-order valence-electron chi connectivity index (χ2n) is 5.99. The zero-order chi connectivity index (χ0) is 17.2. The molecule has 0 aliphatic rings. The molecule has 1 nitrogen and oxygen atoms in total. The largest absolute Gasteiger partial charge is 0.357 e. The number of rotatable bonds is 9. The zero-order valence-electron chi connectivity index (χ0n) is 15.4. The van der Waals surface area contributed by atoms with E-state index in [1.165, 1.54) is 38.5 Å². The Morgan fingerprint density at radius 3 is 1.13 bits per heavy atom. The summed E-state index contributed by atoms with van der Waals surface area (Å²) in [5.74, 6) is 17.9. The van der Waals surface area contributed by atoms with Crippen LogP contribution >= 0.6 is 0 Å². The van der Waals surface area contributed by atoms with E-state index in [9.17, 15) is 5.11 Å². The van der Waals surface area contributed by atoms with Crippen LogP contribution in [-0.2, 0) is 0 Å². The Hall–Kier alpha value is -1.36. The van der Waals surface area contributed by atoms with E-state index in [2.05, 4.69) is 56.3 Å². The van der Waals surface area contributed by atoms with Gasteiger partial charge in [0.05, 0.1) is 0 Å². The second kappa shape index (κ2) is 15.5. The van der Waals surface area contributed by atoms with Gasteiger partial charge in [0, 0.05) is 19.3 Å². The van der Waals surface area contributed by atoms with Crippen molar-refractivity contribution in [1.29, 1.82) is 0 Å². The molecule has 0 saturated heterocycles. The molecule has 0 aromatic carbocycles. The molecule has 1 N–H and O–H groups in total. The Morgan fingerprint density at radius 1 is 0.565 bits per heavy atom. The fraction of sp³-hybridized carbons (Fsp3) is 0.727. The highest BCUT2D eigenvalue weighted by Crippen LogP contribution is 2.05. The van der Waals surface area contributed by atoms with Crippen molar-refractivity contribution in [3.63, 3.8) is 0 Å². The summed E-state index contributed by atoms with van der Waals surface area (Å²) in [7, 11) is 0.